The summed E-state index contributed by atoms with van der Waals surface area (Å²) in [6.45, 7) is 18.9. The molecule has 0 aromatic carbocycles. The number of hydrogen-bond acceptors (Lipinski definition) is 4. The van der Waals surface area contributed by atoms with Crippen LogP contribution in [0, 0.1) is 34.5 Å². The van der Waals surface area contributed by atoms with Gasteiger partial charge in [-0.1, -0.05) is 107 Å². The minimum atomic E-state index is -0.0766. The number of ether oxygens (including phenoxy) is 2. The quantitative estimate of drug-likeness (QED) is 0.173. The van der Waals surface area contributed by atoms with Gasteiger partial charge in [-0.05, 0) is 61.2 Å². The molecule has 2 atom stereocenters. The average molecular weight is 509 g/mol. The van der Waals surface area contributed by atoms with Gasteiger partial charge in [-0.25, -0.2) is 0 Å². The fraction of sp³-hybridized carbons (Fsp3) is 0.938. The smallest absolute Gasteiger partial charge is 0.308 e. The Kier molecular flexibility index (Phi) is 15.3. The van der Waals surface area contributed by atoms with Crippen LogP contribution in [-0.4, -0.2) is 25.2 Å². The number of carbonyl (C=O) groups excluding carboxylic acids is 2. The van der Waals surface area contributed by atoms with Crippen molar-refractivity contribution in [3.8, 4) is 0 Å². The summed E-state index contributed by atoms with van der Waals surface area (Å²) in [5.74, 6) is 1.16. The van der Waals surface area contributed by atoms with E-state index >= 15 is 0 Å². The van der Waals surface area contributed by atoms with E-state index in [1.54, 1.807) is 0 Å². The minimum absolute atomic E-state index is 0.0116. The maximum absolute atomic E-state index is 12.7. The molecule has 0 aromatic rings. The molecular formula is C32H60O4. The van der Waals surface area contributed by atoms with E-state index in [1.165, 1.54) is 51.4 Å². The molecule has 0 N–H and O–H groups in total. The molecule has 2 unspecified atom stereocenters. The van der Waals surface area contributed by atoms with Gasteiger partial charge >= 0.3 is 11.9 Å². The van der Waals surface area contributed by atoms with Gasteiger partial charge in [0, 0.05) is 0 Å². The third-order valence-corrected chi connectivity index (χ3v) is 8.33. The molecule has 36 heavy (non-hydrogen) atoms. The first-order valence-electron chi connectivity index (χ1n) is 15.2. The van der Waals surface area contributed by atoms with E-state index < -0.39 is 0 Å². The molecule has 0 bridgehead atoms. The van der Waals surface area contributed by atoms with Crippen LogP contribution >= 0.6 is 0 Å². The van der Waals surface area contributed by atoms with Gasteiger partial charge in [-0.3, -0.25) is 9.59 Å². The molecule has 0 aromatic heterocycles. The number of rotatable bonds is 18. The van der Waals surface area contributed by atoms with Crippen molar-refractivity contribution in [3.05, 3.63) is 0 Å². The van der Waals surface area contributed by atoms with Crippen LogP contribution in [-0.2, 0) is 19.1 Å². The highest BCUT2D eigenvalue weighted by Gasteiger charge is 2.33. The van der Waals surface area contributed by atoms with E-state index in [0.29, 0.717) is 13.2 Å². The monoisotopic (exact) mass is 508 g/mol. The first kappa shape index (κ1) is 33.0. The van der Waals surface area contributed by atoms with Gasteiger partial charge in [0.25, 0.3) is 0 Å². The maximum Gasteiger partial charge on any atom is 0.308 e. The number of unbranched alkanes of at least 4 members (excludes halogenated alkanes) is 2. The van der Waals surface area contributed by atoms with Crippen molar-refractivity contribution >= 4 is 11.9 Å². The Labute approximate surface area is 224 Å². The standard InChI is InChI=1S/C32H60O4/c1-9-11-13-25(3)19-21-31(5,6)23-35-29(33)27-15-17-28(18-16-27)30(34)36-24-32(7,8)22-20-26(4)14-12-10-2/h25-28H,9-24H2,1-8H3. The largest absolute Gasteiger partial charge is 0.465 e. The van der Waals surface area contributed by atoms with E-state index in [0.717, 1.165) is 50.4 Å². The molecule has 0 spiro atoms. The summed E-state index contributed by atoms with van der Waals surface area (Å²) in [6.07, 6.45) is 15.1. The molecule has 0 amide bonds. The molecular weight excluding hydrogens is 448 g/mol. The van der Waals surface area contributed by atoms with Gasteiger partial charge in [0.1, 0.15) is 0 Å². The second-order valence-electron chi connectivity index (χ2n) is 13.7. The Hall–Kier alpha value is -1.06. The van der Waals surface area contributed by atoms with Crippen LogP contribution in [0.3, 0.4) is 0 Å². The summed E-state index contributed by atoms with van der Waals surface area (Å²) in [6, 6.07) is 0. The lowest BCUT2D eigenvalue weighted by atomic mass is 9.81. The summed E-state index contributed by atoms with van der Waals surface area (Å²) < 4.78 is 11.5. The van der Waals surface area contributed by atoms with Crippen molar-refractivity contribution < 1.29 is 19.1 Å². The second kappa shape index (κ2) is 16.7. The number of esters is 2. The first-order chi connectivity index (χ1) is 16.9. The predicted molar refractivity (Wildman–Crippen MR) is 151 cm³/mol. The van der Waals surface area contributed by atoms with Gasteiger partial charge in [-0.15, -0.1) is 0 Å². The normalized spacial score (nSPS) is 20.6. The third kappa shape index (κ3) is 14.0. The van der Waals surface area contributed by atoms with Crippen LogP contribution in [0.1, 0.15) is 145 Å². The van der Waals surface area contributed by atoms with E-state index in [2.05, 4.69) is 55.4 Å². The lowest BCUT2D eigenvalue weighted by Gasteiger charge is -2.30. The summed E-state index contributed by atoms with van der Waals surface area (Å²) in [4.78, 5) is 25.4. The highest BCUT2D eigenvalue weighted by molar-refractivity contribution is 5.75. The average Bonchev–Trinajstić information content (AvgIpc) is 2.85. The van der Waals surface area contributed by atoms with Gasteiger partial charge in [0.15, 0.2) is 0 Å². The van der Waals surface area contributed by atoms with E-state index in [4.69, 9.17) is 9.47 Å². The highest BCUT2D eigenvalue weighted by atomic mass is 16.5. The van der Waals surface area contributed by atoms with Crippen molar-refractivity contribution in [2.75, 3.05) is 13.2 Å². The molecule has 1 rings (SSSR count). The Balaban J connectivity index is 2.32. The lowest BCUT2D eigenvalue weighted by Crippen LogP contribution is -2.32. The van der Waals surface area contributed by atoms with Crippen LogP contribution in [0.5, 0.6) is 0 Å². The Morgan fingerprint density at radius 2 is 1.00 bits per heavy atom. The van der Waals surface area contributed by atoms with Crippen LogP contribution in [0.2, 0.25) is 0 Å². The molecule has 1 aliphatic carbocycles. The number of carbonyl (C=O) groups is 2. The van der Waals surface area contributed by atoms with Crippen molar-refractivity contribution in [3.63, 3.8) is 0 Å². The third-order valence-electron chi connectivity index (χ3n) is 8.33. The van der Waals surface area contributed by atoms with Crippen LogP contribution < -0.4 is 0 Å². The van der Waals surface area contributed by atoms with E-state index in [9.17, 15) is 9.59 Å². The van der Waals surface area contributed by atoms with Gasteiger partial charge in [0.05, 0.1) is 25.0 Å². The van der Waals surface area contributed by atoms with Crippen LogP contribution in [0.25, 0.3) is 0 Å². The molecule has 0 saturated heterocycles. The molecule has 1 fully saturated rings. The van der Waals surface area contributed by atoms with E-state index in [1.807, 2.05) is 0 Å². The lowest BCUT2D eigenvalue weighted by molar-refractivity contribution is -0.158. The van der Waals surface area contributed by atoms with Crippen molar-refractivity contribution in [2.45, 2.75) is 145 Å². The summed E-state index contributed by atoms with van der Waals surface area (Å²) >= 11 is 0. The molecule has 212 valence electrons. The molecule has 4 nitrogen and oxygen atoms in total. The van der Waals surface area contributed by atoms with E-state index in [-0.39, 0.29) is 34.6 Å². The summed E-state index contributed by atoms with van der Waals surface area (Å²) in [7, 11) is 0. The highest BCUT2D eigenvalue weighted by Crippen LogP contribution is 2.33. The van der Waals surface area contributed by atoms with Gasteiger partial charge < -0.3 is 9.47 Å². The zero-order valence-corrected chi connectivity index (χ0v) is 25.3. The first-order valence-corrected chi connectivity index (χ1v) is 15.2. The zero-order chi connectivity index (χ0) is 27.2. The van der Waals surface area contributed by atoms with Gasteiger partial charge in [0.2, 0.25) is 0 Å². The predicted octanol–water partition coefficient (Wildman–Crippen LogP) is 9.14. The fourth-order valence-corrected chi connectivity index (χ4v) is 5.15. The topological polar surface area (TPSA) is 52.6 Å². The van der Waals surface area contributed by atoms with Crippen LogP contribution in [0.4, 0.5) is 0 Å². The molecule has 0 aliphatic heterocycles. The van der Waals surface area contributed by atoms with Crippen molar-refractivity contribution in [2.24, 2.45) is 34.5 Å². The molecule has 0 radical (unpaired) electrons. The maximum atomic E-state index is 12.7. The molecule has 1 saturated carbocycles. The molecule has 4 heteroatoms. The van der Waals surface area contributed by atoms with Gasteiger partial charge in [-0.2, -0.15) is 0 Å². The Morgan fingerprint density at radius 3 is 1.31 bits per heavy atom. The Bertz CT molecular complexity index is 562. The zero-order valence-electron chi connectivity index (χ0n) is 25.3. The minimum Gasteiger partial charge on any atom is -0.465 e. The van der Waals surface area contributed by atoms with Crippen LogP contribution in [0.15, 0.2) is 0 Å². The van der Waals surface area contributed by atoms with Crippen molar-refractivity contribution in [1.82, 2.24) is 0 Å². The SMILES string of the molecule is CCCCC(C)CCC(C)(C)COC(=O)C1CCC(C(=O)OCC(C)(C)CCC(C)CCCC)CC1. The fourth-order valence-electron chi connectivity index (χ4n) is 5.15. The molecule has 1 aliphatic rings. The Morgan fingerprint density at radius 1 is 0.667 bits per heavy atom. The summed E-state index contributed by atoms with van der Waals surface area (Å²) in [5, 5.41) is 0. The van der Waals surface area contributed by atoms with Crippen molar-refractivity contribution in [1.29, 1.82) is 0 Å². The second-order valence-corrected chi connectivity index (χ2v) is 13.7. The summed E-state index contributed by atoms with van der Waals surface area (Å²) in [5.41, 5.74) is 0.0233. The molecule has 0 heterocycles. The number of hydrogen-bond donors (Lipinski definition) is 0.